The Morgan fingerprint density at radius 3 is 2.53 bits per heavy atom. The standard InChI is InChI=1S/C28H36N2O5S/c1-6-15-29(18(3)4)25(33)23-28-14-13-27(5,36-28)22(26(34)35-16-7-2)21(28)24(32)30(23)20(17-31)19-11-9-8-10-12-19/h6-12,18,20-23,31H,1-2,13-17H2,3-5H3/t20-,21+,22+,23?,27-,28?/m1/s1. The molecule has 3 aliphatic rings. The number of hydrogen-bond donors (Lipinski definition) is 1. The molecular formula is C28H36N2O5S. The maximum atomic E-state index is 14.3. The number of benzene rings is 1. The number of rotatable bonds is 10. The Bertz CT molecular complexity index is 1050. The summed E-state index contributed by atoms with van der Waals surface area (Å²) in [7, 11) is 0. The molecule has 1 aromatic rings. The van der Waals surface area contributed by atoms with E-state index in [2.05, 4.69) is 13.2 Å². The lowest BCUT2D eigenvalue weighted by Crippen LogP contribution is -2.57. The van der Waals surface area contributed by atoms with E-state index in [0.717, 1.165) is 5.56 Å². The summed E-state index contributed by atoms with van der Waals surface area (Å²) >= 11 is 1.59. The molecule has 0 aliphatic carbocycles. The molecule has 194 valence electrons. The molecule has 2 amide bonds. The van der Waals surface area contributed by atoms with E-state index >= 15 is 0 Å². The van der Waals surface area contributed by atoms with E-state index in [9.17, 15) is 19.5 Å². The maximum absolute atomic E-state index is 14.3. The Balaban J connectivity index is 1.86. The molecule has 8 heteroatoms. The van der Waals surface area contributed by atoms with Crippen LogP contribution in [0.5, 0.6) is 0 Å². The fraction of sp³-hybridized carbons (Fsp3) is 0.536. The number of aliphatic hydroxyl groups excluding tert-OH is 1. The van der Waals surface area contributed by atoms with E-state index in [4.69, 9.17) is 4.74 Å². The van der Waals surface area contributed by atoms with Gasteiger partial charge in [0.1, 0.15) is 12.6 Å². The molecule has 3 saturated heterocycles. The first-order chi connectivity index (χ1) is 17.2. The molecule has 2 bridgehead atoms. The maximum Gasteiger partial charge on any atom is 0.311 e. The van der Waals surface area contributed by atoms with Crippen LogP contribution in [-0.4, -0.2) is 74.0 Å². The van der Waals surface area contributed by atoms with Crippen molar-refractivity contribution in [3.63, 3.8) is 0 Å². The number of carbonyl (C=O) groups excluding carboxylic acids is 3. The van der Waals surface area contributed by atoms with Gasteiger partial charge in [-0.05, 0) is 39.2 Å². The molecule has 36 heavy (non-hydrogen) atoms. The minimum absolute atomic E-state index is 0.0693. The first kappa shape index (κ1) is 26.5. The lowest BCUT2D eigenvalue weighted by molar-refractivity contribution is -0.155. The van der Waals surface area contributed by atoms with Crippen molar-refractivity contribution in [2.75, 3.05) is 19.8 Å². The van der Waals surface area contributed by atoms with Gasteiger partial charge < -0.3 is 19.6 Å². The van der Waals surface area contributed by atoms with Crippen molar-refractivity contribution < 1.29 is 24.2 Å². The molecule has 1 aromatic carbocycles. The molecule has 2 unspecified atom stereocenters. The highest BCUT2D eigenvalue weighted by molar-refractivity contribution is 8.02. The zero-order chi connectivity index (χ0) is 26.3. The largest absolute Gasteiger partial charge is 0.461 e. The fourth-order valence-electron chi connectivity index (χ4n) is 6.45. The van der Waals surface area contributed by atoms with Crippen LogP contribution in [0.2, 0.25) is 0 Å². The normalized spacial score (nSPS) is 31.3. The summed E-state index contributed by atoms with van der Waals surface area (Å²) in [5, 5.41) is 10.5. The predicted molar refractivity (Wildman–Crippen MR) is 140 cm³/mol. The molecule has 3 heterocycles. The van der Waals surface area contributed by atoms with Gasteiger partial charge in [-0.2, -0.15) is 0 Å². The van der Waals surface area contributed by atoms with Gasteiger partial charge in [-0.25, -0.2) is 0 Å². The van der Waals surface area contributed by atoms with Crippen LogP contribution in [0.1, 0.15) is 45.2 Å². The summed E-state index contributed by atoms with van der Waals surface area (Å²) in [6.07, 6.45) is 4.53. The van der Waals surface area contributed by atoms with Crippen LogP contribution in [-0.2, 0) is 19.1 Å². The van der Waals surface area contributed by atoms with Crippen molar-refractivity contribution in [3.05, 3.63) is 61.2 Å². The van der Waals surface area contributed by atoms with Gasteiger partial charge in [-0.1, -0.05) is 49.1 Å². The second-order valence-electron chi connectivity index (χ2n) is 10.4. The van der Waals surface area contributed by atoms with Crippen LogP contribution in [0.25, 0.3) is 0 Å². The molecule has 0 saturated carbocycles. The molecular weight excluding hydrogens is 476 g/mol. The van der Waals surface area contributed by atoms with Gasteiger partial charge in [0.25, 0.3) is 0 Å². The topological polar surface area (TPSA) is 87.1 Å². The van der Waals surface area contributed by atoms with Crippen molar-refractivity contribution in [1.82, 2.24) is 9.80 Å². The highest BCUT2D eigenvalue weighted by atomic mass is 32.2. The number of fused-ring (bicyclic) bond motifs is 1. The summed E-state index contributed by atoms with van der Waals surface area (Å²) in [6.45, 7) is 13.4. The Kier molecular flexibility index (Phi) is 7.40. The molecule has 6 atom stereocenters. The van der Waals surface area contributed by atoms with Gasteiger partial charge >= 0.3 is 5.97 Å². The summed E-state index contributed by atoms with van der Waals surface area (Å²) in [4.78, 5) is 45.3. The zero-order valence-corrected chi connectivity index (χ0v) is 22.1. The molecule has 4 rings (SSSR count). The van der Waals surface area contributed by atoms with Gasteiger partial charge in [0.05, 0.1) is 29.2 Å². The number of hydrogen-bond acceptors (Lipinski definition) is 6. The van der Waals surface area contributed by atoms with E-state index in [1.54, 1.807) is 27.6 Å². The lowest BCUT2D eigenvalue weighted by Gasteiger charge is -2.40. The van der Waals surface area contributed by atoms with E-state index in [0.29, 0.717) is 19.4 Å². The number of amides is 2. The number of nitrogens with zero attached hydrogens (tertiary/aromatic N) is 2. The lowest BCUT2D eigenvalue weighted by atomic mass is 9.66. The fourth-order valence-corrected chi connectivity index (χ4v) is 8.77. The summed E-state index contributed by atoms with van der Waals surface area (Å²) in [5.41, 5.74) is 0.749. The third-order valence-corrected chi connectivity index (χ3v) is 9.96. The summed E-state index contributed by atoms with van der Waals surface area (Å²) in [6, 6.07) is 7.64. The molecule has 1 N–H and O–H groups in total. The van der Waals surface area contributed by atoms with Crippen LogP contribution in [0.4, 0.5) is 0 Å². The molecule has 7 nitrogen and oxygen atoms in total. The minimum Gasteiger partial charge on any atom is -0.461 e. The van der Waals surface area contributed by atoms with Crippen molar-refractivity contribution in [2.45, 2.75) is 61.2 Å². The number of likely N-dealkylation sites (tertiary alicyclic amines) is 1. The van der Waals surface area contributed by atoms with Crippen molar-refractivity contribution in [2.24, 2.45) is 11.8 Å². The third-order valence-electron chi connectivity index (χ3n) is 7.97. The molecule has 3 fully saturated rings. The van der Waals surface area contributed by atoms with E-state index in [-0.39, 0.29) is 31.1 Å². The Morgan fingerprint density at radius 2 is 1.94 bits per heavy atom. The summed E-state index contributed by atoms with van der Waals surface area (Å²) in [5.74, 6) is -2.25. The van der Waals surface area contributed by atoms with Crippen LogP contribution in [0.3, 0.4) is 0 Å². The molecule has 1 spiro atoms. The number of esters is 1. The van der Waals surface area contributed by atoms with Gasteiger partial charge in [-0.15, -0.1) is 18.3 Å². The molecule has 3 aliphatic heterocycles. The van der Waals surface area contributed by atoms with Crippen molar-refractivity contribution in [3.8, 4) is 0 Å². The molecule has 0 radical (unpaired) electrons. The smallest absolute Gasteiger partial charge is 0.311 e. The Hall–Kier alpha value is -2.58. The van der Waals surface area contributed by atoms with Gasteiger partial charge in [0.2, 0.25) is 11.8 Å². The average Bonchev–Trinajstić information content (AvgIpc) is 3.43. The monoisotopic (exact) mass is 512 g/mol. The highest BCUT2D eigenvalue weighted by Crippen LogP contribution is 2.72. The quantitative estimate of drug-likeness (QED) is 0.382. The van der Waals surface area contributed by atoms with E-state index < -0.39 is 39.4 Å². The van der Waals surface area contributed by atoms with Crippen LogP contribution >= 0.6 is 11.8 Å². The second kappa shape index (κ2) is 10.1. The number of thioether (sulfide) groups is 1. The third kappa shape index (κ3) is 3.98. The van der Waals surface area contributed by atoms with Crippen LogP contribution in [0.15, 0.2) is 55.6 Å². The summed E-state index contributed by atoms with van der Waals surface area (Å²) < 4.78 is 4.19. The van der Waals surface area contributed by atoms with Gasteiger partial charge in [0, 0.05) is 17.3 Å². The average molecular weight is 513 g/mol. The molecule has 0 aromatic heterocycles. The Labute approximate surface area is 217 Å². The zero-order valence-electron chi connectivity index (χ0n) is 21.3. The van der Waals surface area contributed by atoms with Crippen LogP contribution < -0.4 is 0 Å². The first-order valence-corrected chi connectivity index (χ1v) is 13.4. The van der Waals surface area contributed by atoms with E-state index in [1.807, 2.05) is 51.1 Å². The van der Waals surface area contributed by atoms with Crippen molar-refractivity contribution in [1.29, 1.82) is 0 Å². The van der Waals surface area contributed by atoms with Gasteiger partial charge in [-0.3, -0.25) is 14.4 Å². The van der Waals surface area contributed by atoms with Crippen molar-refractivity contribution >= 4 is 29.5 Å². The first-order valence-electron chi connectivity index (χ1n) is 12.5. The number of carbonyl (C=O) groups is 3. The number of aliphatic hydroxyl groups is 1. The second-order valence-corrected chi connectivity index (χ2v) is 12.3. The highest BCUT2D eigenvalue weighted by Gasteiger charge is 2.78. The number of ether oxygens (including phenoxy) is 1. The predicted octanol–water partition coefficient (Wildman–Crippen LogP) is 3.35. The van der Waals surface area contributed by atoms with Gasteiger partial charge in [0.15, 0.2) is 0 Å². The van der Waals surface area contributed by atoms with E-state index in [1.165, 1.54) is 6.08 Å². The minimum atomic E-state index is -0.821. The Morgan fingerprint density at radius 1 is 1.25 bits per heavy atom. The van der Waals surface area contributed by atoms with Crippen LogP contribution in [0, 0.1) is 11.8 Å². The SMILES string of the molecule is C=CCOC(=O)[C@@H]1[C@H]2C(=O)N([C@H](CO)c3ccccc3)C(C(=O)N(CC=C)C(C)C)C23CC[C@@]1(C)S3.